The van der Waals surface area contributed by atoms with Gasteiger partial charge in [-0.1, -0.05) is 31.8 Å². The maximum Gasteiger partial charge on any atom is 0.138 e. The van der Waals surface area contributed by atoms with Crippen molar-refractivity contribution in [1.29, 1.82) is 0 Å². The molecule has 1 heterocycles. The molecule has 0 fully saturated rings. The highest BCUT2D eigenvalue weighted by molar-refractivity contribution is 5.10. The van der Waals surface area contributed by atoms with Crippen LogP contribution in [0.25, 0.3) is 0 Å². The summed E-state index contributed by atoms with van der Waals surface area (Å²) in [6, 6.07) is 0. The van der Waals surface area contributed by atoms with Gasteiger partial charge in [0.1, 0.15) is 5.76 Å². The molecule has 0 aliphatic heterocycles. The third kappa shape index (κ3) is 4.04. The molecule has 0 amide bonds. The van der Waals surface area contributed by atoms with E-state index in [1.807, 2.05) is 6.92 Å². The molecule has 1 atom stereocenters. The fourth-order valence-corrected chi connectivity index (χ4v) is 1.76. The van der Waals surface area contributed by atoms with E-state index in [2.05, 4.69) is 24.3 Å². The van der Waals surface area contributed by atoms with E-state index in [0.29, 0.717) is 0 Å². The van der Waals surface area contributed by atoms with E-state index < -0.39 is 0 Å². The minimum absolute atomic E-state index is 0.801. The Kier molecular flexibility index (Phi) is 5.40. The second kappa shape index (κ2) is 6.62. The van der Waals surface area contributed by atoms with Crippen LogP contribution in [0.5, 0.6) is 0 Å². The zero-order valence-electron chi connectivity index (χ0n) is 10.0. The molecule has 86 valence electrons. The van der Waals surface area contributed by atoms with Gasteiger partial charge >= 0.3 is 0 Å². The van der Waals surface area contributed by atoms with Crippen LogP contribution < -0.4 is 5.32 Å². The molecule has 15 heavy (non-hydrogen) atoms. The molecule has 0 radical (unpaired) electrons. The molecular weight excluding hydrogens is 188 g/mol. The minimum Gasteiger partial charge on any atom is -0.361 e. The molecular formula is C12H22N2O. The largest absolute Gasteiger partial charge is 0.361 e. The smallest absolute Gasteiger partial charge is 0.138 e. The normalized spacial score (nSPS) is 13.0. The van der Waals surface area contributed by atoms with E-state index in [1.165, 1.54) is 24.8 Å². The van der Waals surface area contributed by atoms with Crippen molar-refractivity contribution in [3.63, 3.8) is 0 Å². The highest BCUT2D eigenvalue weighted by atomic mass is 16.5. The number of hydrogen-bond acceptors (Lipinski definition) is 3. The zero-order valence-corrected chi connectivity index (χ0v) is 10.0. The quantitative estimate of drug-likeness (QED) is 0.752. The van der Waals surface area contributed by atoms with Crippen LogP contribution in [0.15, 0.2) is 10.7 Å². The number of rotatable bonds is 7. The standard InChI is InChI=1S/C12H22N2O/c1-4-6-11(5-2)7-13-8-12-9-14-15-10(12)3/h9,11,13H,4-8H2,1-3H3. The molecule has 3 nitrogen and oxygen atoms in total. The molecule has 1 aromatic rings. The second-order valence-corrected chi connectivity index (χ2v) is 4.10. The van der Waals surface area contributed by atoms with Gasteiger partial charge in [0.15, 0.2) is 0 Å². The Labute approximate surface area is 92.2 Å². The third-order valence-corrected chi connectivity index (χ3v) is 2.87. The summed E-state index contributed by atoms with van der Waals surface area (Å²) in [5.41, 5.74) is 1.17. The molecule has 0 saturated heterocycles. The summed E-state index contributed by atoms with van der Waals surface area (Å²) in [6.07, 6.45) is 5.63. The molecule has 0 aromatic carbocycles. The van der Waals surface area contributed by atoms with Crippen molar-refractivity contribution >= 4 is 0 Å². The van der Waals surface area contributed by atoms with Crippen molar-refractivity contribution in [2.75, 3.05) is 6.54 Å². The Hall–Kier alpha value is -0.830. The average molecular weight is 210 g/mol. The summed E-state index contributed by atoms with van der Waals surface area (Å²) < 4.78 is 5.01. The fourth-order valence-electron chi connectivity index (χ4n) is 1.76. The lowest BCUT2D eigenvalue weighted by Gasteiger charge is -2.14. The highest BCUT2D eigenvalue weighted by Gasteiger charge is 2.06. The molecule has 1 N–H and O–H groups in total. The molecule has 1 aromatic heterocycles. The van der Waals surface area contributed by atoms with E-state index in [-0.39, 0.29) is 0 Å². The molecule has 0 aliphatic rings. The summed E-state index contributed by atoms with van der Waals surface area (Å²) in [7, 11) is 0. The fraction of sp³-hybridized carbons (Fsp3) is 0.750. The molecule has 1 rings (SSSR count). The van der Waals surface area contributed by atoms with Crippen molar-refractivity contribution in [1.82, 2.24) is 10.5 Å². The molecule has 0 spiro atoms. The van der Waals surface area contributed by atoms with E-state index >= 15 is 0 Å². The lowest BCUT2D eigenvalue weighted by atomic mass is 10.0. The number of nitrogens with one attached hydrogen (secondary N) is 1. The SMILES string of the molecule is CCCC(CC)CNCc1cnoc1C. The van der Waals surface area contributed by atoms with Crippen LogP contribution in [-0.2, 0) is 6.54 Å². The number of aryl methyl sites for hydroxylation is 1. The zero-order chi connectivity index (χ0) is 11.1. The minimum atomic E-state index is 0.801. The van der Waals surface area contributed by atoms with Gasteiger partial charge in [-0.3, -0.25) is 0 Å². The monoisotopic (exact) mass is 210 g/mol. The van der Waals surface area contributed by atoms with Crippen molar-refractivity contribution in [3.05, 3.63) is 17.5 Å². The van der Waals surface area contributed by atoms with Crippen LogP contribution in [0.1, 0.15) is 44.4 Å². The maximum atomic E-state index is 5.01. The van der Waals surface area contributed by atoms with Gasteiger partial charge in [0, 0.05) is 12.1 Å². The molecule has 3 heteroatoms. The first-order valence-electron chi connectivity index (χ1n) is 5.88. The lowest BCUT2D eigenvalue weighted by Crippen LogP contribution is -2.22. The van der Waals surface area contributed by atoms with Crippen LogP contribution in [0, 0.1) is 12.8 Å². The van der Waals surface area contributed by atoms with Gasteiger partial charge in [0.2, 0.25) is 0 Å². The van der Waals surface area contributed by atoms with Crippen LogP contribution in [0.2, 0.25) is 0 Å². The van der Waals surface area contributed by atoms with E-state index in [0.717, 1.165) is 24.8 Å². The summed E-state index contributed by atoms with van der Waals surface area (Å²) in [5, 5.41) is 7.23. The average Bonchev–Trinajstić information content (AvgIpc) is 2.63. The Morgan fingerprint density at radius 3 is 2.80 bits per heavy atom. The Morgan fingerprint density at radius 2 is 2.27 bits per heavy atom. The second-order valence-electron chi connectivity index (χ2n) is 4.10. The number of aromatic nitrogens is 1. The van der Waals surface area contributed by atoms with Gasteiger partial charge in [-0.05, 0) is 25.8 Å². The van der Waals surface area contributed by atoms with Gasteiger partial charge in [-0.2, -0.15) is 0 Å². The first kappa shape index (κ1) is 12.2. The van der Waals surface area contributed by atoms with Gasteiger partial charge < -0.3 is 9.84 Å². The number of hydrogen-bond donors (Lipinski definition) is 1. The summed E-state index contributed by atoms with van der Waals surface area (Å²) in [6.45, 7) is 8.41. The van der Waals surface area contributed by atoms with Crippen molar-refractivity contribution < 1.29 is 4.52 Å². The van der Waals surface area contributed by atoms with Gasteiger partial charge in [0.05, 0.1) is 6.20 Å². The van der Waals surface area contributed by atoms with Crippen LogP contribution in [-0.4, -0.2) is 11.7 Å². The van der Waals surface area contributed by atoms with Crippen LogP contribution >= 0.6 is 0 Å². The predicted octanol–water partition coefficient (Wildman–Crippen LogP) is 2.90. The highest BCUT2D eigenvalue weighted by Crippen LogP contribution is 2.10. The van der Waals surface area contributed by atoms with Gasteiger partial charge in [-0.25, -0.2) is 0 Å². The first-order chi connectivity index (χ1) is 7.27. The molecule has 0 saturated carbocycles. The molecule has 1 unspecified atom stereocenters. The van der Waals surface area contributed by atoms with Crippen molar-refractivity contribution in [2.24, 2.45) is 5.92 Å². The lowest BCUT2D eigenvalue weighted by molar-refractivity contribution is 0.394. The summed E-state index contributed by atoms with van der Waals surface area (Å²) in [5.74, 6) is 1.72. The van der Waals surface area contributed by atoms with Crippen molar-refractivity contribution in [3.8, 4) is 0 Å². The molecule has 0 aliphatic carbocycles. The third-order valence-electron chi connectivity index (χ3n) is 2.87. The first-order valence-corrected chi connectivity index (χ1v) is 5.88. The Balaban J connectivity index is 2.23. The van der Waals surface area contributed by atoms with Gasteiger partial charge in [0.25, 0.3) is 0 Å². The molecule has 0 bridgehead atoms. The summed E-state index contributed by atoms with van der Waals surface area (Å²) >= 11 is 0. The van der Waals surface area contributed by atoms with Crippen molar-refractivity contribution in [2.45, 2.75) is 46.6 Å². The van der Waals surface area contributed by atoms with E-state index in [1.54, 1.807) is 6.20 Å². The predicted molar refractivity (Wildman–Crippen MR) is 61.6 cm³/mol. The Morgan fingerprint density at radius 1 is 1.47 bits per heavy atom. The van der Waals surface area contributed by atoms with E-state index in [4.69, 9.17) is 4.52 Å². The Bertz CT molecular complexity index is 270. The topological polar surface area (TPSA) is 38.1 Å². The van der Waals surface area contributed by atoms with Crippen LogP contribution in [0.3, 0.4) is 0 Å². The maximum absolute atomic E-state index is 5.01. The van der Waals surface area contributed by atoms with Gasteiger partial charge in [-0.15, -0.1) is 0 Å². The van der Waals surface area contributed by atoms with Crippen LogP contribution in [0.4, 0.5) is 0 Å². The van der Waals surface area contributed by atoms with E-state index in [9.17, 15) is 0 Å². The summed E-state index contributed by atoms with van der Waals surface area (Å²) in [4.78, 5) is 0. The number of nitrogens with zero attached hydrogens (tertiary/aromatic N) is 1.